The van der Waals surface area contributed by atoms with Crippen LogP contribution in [0.2, 0.25) is 0 Å². The minimum Gasteiger partial charge on any atom is -0.469 e. The Bertz CT molecular complexity index is 459. The van der Waals surface area contributed by atoms with E-state index >= 15 is 0 Å². The maximum atomic E-state index is 11.6. The summed E-state index contributed by atoms with van der Waals surface area (Å²) < 4.78 is 6.77. The van der Waals surface area contributed by atoms with Crippen molar-refractivity contribution < 1.29 is 9.21 Å². The molecule has 0 aliphatic heterocycles. The molecule has 5 nitrogen and oxygen atoms in total. The third kappa shape index (κ3) is 2.56. The number of ketones is 1. The number of aryl methyl sites for hydroxylation is 2. The van der Waals surface area contributed by atoms with E-state index in [0.717, 1.165) is 5.76 Å². The van der Waals surface area contributed by atoms with E-state index in [2.05, 4.69) is 10.1 Å². The number of Topliss-reactive ketones (excluding diaryl/α,β-unsaturated/α-hetero) is 1. The number of hydrogen-bond donors (Lipinski definition) is 0. The first kappa shape index (κ1) is 10.6. The van der Waals surface area contributed by atoms with Crippen molar-refractivity contribution >= 4 is 5.78 Å². The zero-order valence-corrected chi connectivity index (χ0v) is 9.09. The van der Waals surface area contributed by atoms with Crippen LogP contribution in [0.25, 0.3) is 0 Å². The van der Waals surface area contributed by atoms with E-state index in [9.17, 15) is 4.79 Å². The van der Waals surface area contributed by atoms with Crippen LogP contribution in [0.5, 0.6) is 0 Å². The highest BCUT2D eigenvalue weighted by Gasteiger charge is 2.09. The zero-order valence-electron chi connectivity index (χ0n) is 9.09. The third-order valence-electron chi connectivity index (χ3n) is 2.39. The fraction of sp³-hybridized carbons (Fsp3) is 0.364. The lowest BCUT2D eigenvalue weighted by atomic mass is 10.1. The van der Waals surface area contributed by atoms with Crippen LogP contribution in [-0.4, -0.2) is 20.5 Å². The summed E-state index contributed by atoms with van der Waals surface area (Å²) in [6.45, 7) is 0. The van der Waals surface area contributed by atoms with Crippen LogP contribution in [0.3, 0.4) is 0 Å². The molecule has 0 aliphatic carbocycles. The van der Waals surface area contributed by atoms with Crippen molar-refractivity contribution in [3.8, 4) is 0 Å². The van der Waals surface area contributed by atoms with Crippen molar-refractivity contribution in [3.05, 3.63) is 36.3 Å². The Kier molecular flexibility index (Phi) is 3.14. The van der Waals surface area contributed by atoms with Gasteiger partial charge < -0.3 is 4.42 Å². The molecule has 2 heterocycles. The number of aromatic nitrogens is 3. The molecule has 0 aromatic carbocycles. The number of rotatable bonds is 5. The molecule has 0 radical (unpaired) electrons. The molecule has 0 saturated carbocycles. The topological polar surface area (TPSA) is 60.9 Å². The van der Waals surface area contributed by atoms with Crippen molar-refractivity contribution in [2.45, 2.75) is 19.3 Å². The molecule has 16 heavy (non-hydrogen) atoms. The van der Waals surface area contributed by atoms with Gasteiger partial charge in [0.05, 0.1) is 12.7 Å². The van der Waals surface area contributed by atoms with E-state index in [0.29, 0.717) is 25.1 Å². The number of carbonyl (C=O) groups is 1. The summed E-state index contributed by atoms with van der Waals surface area (Å²) in [7, 11) is 1.78. The molecular formula is C11H13N3O2. The van der Waals surface area contributed by atoms with Gasteiger partial charge in [0.1, 0.15) is 23.7 Å². The average molecular weight is 219 g/mol. The van der Waals surface area contributed by atoms with Crippen LogP contribution in [0.4, 0.5) is 0 Å². The monoisotopic (exact) mass is 219 g/mol. The van der Waals surface area contributed by atoms with Crippen molar-refractivity contribution in [1.82, 2.24) is 14.8 Å². The predicted molar refractivity (Wildman–Crippen MR) is 56.7 cm³/mol. The molecule has 0 N–H and O–H groups in total. The lowest BCUT2D eigenvalue weighted by Gasteiger charge is -1.99. The molecular weight excluding hydrogens is 206 g/mol. The fourth-order valence-electron chi connectivity index (χ4n) is 1.46. The molecule has 0 aliphatic rings. The minimum atomic E-state index is 0.146. The first-order valence-electron chi connectivity index (χ1n) is 5.12. The van der Waals surface area contributed by atoms with Gasteiger partial charge in [-0.05, 0) is 12.1 Å². The summed E-state index contributed by atoms with van der Waals surface area (Å²) in [5.74, 6) is 1.68. The first-order valence-corrected chi connectivity index (χ1v) is 5.12. The quantitative estimate of drug-likeness (QED) is 0.756. The average Bonchev–Trinajstić information content (AvgIpc) is 2.88. The Morgan fingerprint density at radius 1 is 1.56 bits per heavy atom. The van der Waals surface area contributed by atoms with Gasteiger partial charge in [-0.2, -0.15) is 5.10 Å². The van der Waals surface area contributed by atoms with E-state index in [-0.39, 0.29) is 5.78 Å². The Labute approximate surface area is 93.1 Å². The third-order valence-corrected chi connectivity index (χ3v) is 2.39. The van der Waals surface area contributed by atoms with Gasteiger partial charge in [-0.25, -0.2) is 4.98 Å². The van der Waals surface area contributed by atoms with Gasteiger partial charge in [0, 0.05) is 19.9 Å². The van der Waals surface area contributed by atoms with Gasteiger partial charge in [-0.1, -0.05) is 0 Å². The first-order chi connectivity index (χ1) is 7.75. The molecule has 0 amide bonds. The summed E-state index contributed by atoms with van der Waals surface area (Å²) in [6.07, 6.45) is 4.51. The van der Waals surface area contributed by atoms with Gasteiger partial charge in [0.25, 0.3) is 0 Å². The molecule has 2 aromatic rings. The number of nitrogens with zero attached hydrogens (tertiary/aromatic N) is 3. The minimum absolute atomic E-state index is 0.146. The van der Waals surface area contributed by atoms with Gasteiger partial charge in [0.2, 0.25) is 0 Å². The molecule has 0 spiro atoms. The Morgan fingerprint density at radius 2 is 2.44 bits per heavy atom. The Hall–Kier alpha value is -1.91. The highest BCUT2D eigenvalue weighted by molar-refractivity contribution is 5.80. The number of furan rings is 1. The van der Waals surface area contributed by atoms with Gasteiger partial charge in [-0.3, -0.25) is 9.48 Å². The van der Waals surface area contributed by atoms with E-state index < -0.39 is 0 Å². The van der Waals surface area contributed by atoms with Crippen LogP contribution in [0.1, 0.15) is 18.0 Å². The second-order valence-corrected chi connectivity index (χ2v) is 3.59. The lowest BCUT2D eigenvalue weighted by Crippen LogP contribution is -2.09. The predicted octanol–water partition coefficient (Wildman–Crippen LogP) is 1.15. The van der Waals surface area contributed by atoms with Crippen LogP contribution in [-0.2, 0) is 24.7 Å². The normalized spacial score (nSPS) is 10.6. The van der Waals surface area contributed by atoms with Crippen molar-refractivity contribution in [2.24, 2.45) is 7.05 Å². The van der Waals surface area contributed by atoms with E-state index in [1.807, 2.05) is 12.1 Å². The second-order valence-electron chi connectivity index (χ2n) is 3.59. The Morgan fingerprint density at radius 3 is 3.06 bits per heavy atom. The van der Waals surface area contributed by atoms with Crippen LogP contribution in [0.15, 0.2) is 29.1 Å². The molecule has 2 aromatic heterocycles. The summed E-state index contributed by atoms with van der Waals surface area (Å²) in [6, 6.07) is 3.69. The van der Waals surface area contributed by atoms with Crippen LogP contribution < -0.4 is 0 Å². The lowest BCUT2D eigenvalue weighted by molar-refractivity contribution is -0.118. The molecule has 0 saturated heterocycles. The maximum absolute atomic E-state index is 11.6. The van der Waals surface area contributed by atoms with E-state index in [1.165, 1.54) is 6.33 Å². The van der Waals surface area contributed by atoms with Crippen LogP contribution >= 0.6 is 0 Å². The van der Waals surface area contributed by atoms with Crippen molar-refractivity contribution in [3.63, 3.8) is 0 Å². The highest BCUT2D eigenvalue weighted by Crippen LogP contribution is 2.05. The van der Waals surface area contributed by atoms with Crippen LogP contribution in [0, 0.1) is 0 Å². The fourth-order valence-corrected chi connectivity index (χ4v) is 1.46. The number of carbonyl (C=O) groups excluding carboxylic acids is 1. The second kappa shape index (κ2) is 4.74. The van der Waals surface area contributed by atoms with Crippen molar-refractivity contribution in [1.29, 1.82) is 0 Å². The van der Waals surface area contributed by atoms with E-state index in [4.69, 9.17) is 4.42 Å². The smallest absolute Gasteiger partial charge is 0.140 e. The molecule has 0 atom stereocenters. The maximum Gasteiger partial charge on any atom is 0.140 e. The molecule has 0 unspecified atom stereocenters. The van der Waals surface area contributed by atoms with Gasteiger partial charge >= 0.3 is 0 Å². The van der Waals surface area contributed by atoms with Gasteiger partial charge in [-0.15, -0.1) is 0 Å². The zero-order chi connectivity index (χ0) is 11.4. The molecule has 84 valence electrons. The molecule has 0 bridgehead atoms. The Balaban J connectivity index is 1.83. The SMILES string of the molecule is Cn1ncnc1CC(=O)CCc1ccco1. The van der Waals surface area contributed by atoms with E-state index in [1.54, 1.807) is 18.0 Å². The molecule has 2 rings (SSSR count). The van der Waals surface area contributed by atoms with Gasteiger partial charge in [0.15, 0.2) is 0 Å². The van der Waals surface area contributed by atoms with Crippen molar-refractivity contribution in [2.75, 3.05) is 0 Å². The summed E-state index contributed by atoms with van der Waals surface area (Å²) >= 11 is 0. The summed E-state index contributed by atoms with van der Waals surface area (Å²) in [5, 5.41) is 3.91. The molecule has 0 fully saturated rings. The molecule has 5 heteroatoms. The standard InChI is InChI=1S/C11H13N3O2/c1-14-11(12-8-13-14)7-9(15)4-5-10-3-2-6-16-10/h2-3,6,8H,4-5,7H2,1H3. The highest BCUT2D eigenvalue weighted by atomic mass is 16.3. The largest absolute Gasteiger partial charge is 0.469 e. The number of hydrogen-bond acceptors (Lipinski definition) is 4. The summed E-state index contributed by atoms with van der Waals surface area (Å²) in [5.41, 5.74) is 0. The summed E-state index contributed by atoms with van der Waals surface area (Å²) in [4.78, 5) is 15.6.